The van der Waals surface area contributed by atoms with E-state index >= 15 is 0 Å². The minimum atomic E-state index is -5.87. The van der Waals surface area contributed by atoms with E-state index in [2.05, 4.69) is 24.9 Å². The van der Waals surface area contributed by atoms with Gasteiger partial charge in [0, 0.05) is 23.8 Å². The zero-order valence-electron chi connectivity index (χ0n) is 22.4. The molecule has 0 unspecified atom stereocenters. The fourth-order valence-electron chi connectivity index (χ4n) is 4.05. The number of carbonyl (C=O) groups is 1. The highest BCUT2D eigenvalue weighted by atomic mass is 19.4. The molecule has 1 aromatic heterocycles. The number of ether oxygens (including phenoxy) is 2. The third kappa shape index (κ3) is 7.37. The Kier molecular flexibility index (Phi) is 8.19. The van der Waals surface area contributed by atoms with Crippen LogP contribution in [0.1, 0.15) is 11.8 Å². The number of nitrogens with one attached hydrogen (secondary N) is 1. The Bertz CT molecular complexity index is 1810. The van der Waals surface area contributed by atoms with Crippen molar-refractivity contribution in [2.24, 2.45) is 0 Å². The number of anilines is 1. The van der Waals surface area contributed by atoms with Crippen LogP contribution in [0.2, 0.25) is 0 Å². The number of hydrogen-bond donors (Lipinski definition) is 1. The van der Waals surface area contributed by atoms with E-state index in [0.717, 1.165) is 12.1 Å². The average Bonchev–Trinajstić information content (AvgIpc) is 3.47. The van der Waals surface area contributed by atoms with E-state index in [1.807, 2.05) is 0 Å². The van der Waals surface area contributed by atoms with E-state index in [1.165, 1.54) is 59.5 Å². The molecular weight excluding hydrogens is 616 g/mol. The molecule has 0 saturated heterocycles. The Labute approximate surface area is 250 Å². The van der Waals surface area contributed by atoms with Gasteiger partial charge in [0.2, 0.25) is 0 Å². The summed E-state index contributed by atoms with van der Waals surface area (Å²) in [5.74, 6) is -1.40. The summed E-state index contributed by atoms with van der Waals surface area (Å²) in [5, 5.41) is 6.97. The largest absolute Gasteiger partial charge is 0.573 e. The summed E-state index contributed by atoms with van der Waals surface area (Å²) in [7, 11) is 0. The second-order valence-corrected chi connectivity index (χ2v) is 9.28. The molecule has 45 heavy (non-hydrogen) atoms. The molecule has 1 amide bonds. The number of halogens is 8. The number of rotatable bonds is 8. The first-order valence-electron chi connectivity index (χ1n) is 12.7. The number of hydrogen-bond acceptors (Lipinski definition) is 5. The zero-order valence-corrected chi connectivity index (χ0v) is 22.4. The smallest absolute Gasteiger partial charge is 0.426 e. The lowest BCUT2D eigenvalue weighted by Gasteiger charge is -2.20. The number of benzene rings is 4. The van der Waals surface area contributed by atoms with Crippen LogP contribution in [-0.4, -0.2) is 39.3 Å². The molecular formula is C30H20F8N4O3. The molecule has 1 N–H and O–H groups in total. The van der Waals surface area contributed by atoms with Crippen molar-refractivity contribution < 1.29 is 50.8 Å². The van der Waals surface area contributed by atoms with Crippen LogP contribution in [0.3, 0.4) is 0 Å². The standard InChI is InChI=1S/C30H18F8N4O3.H2/c31-28(32,33)29(34,35)44-23-14-12-22(13-15-23)42-17-39-26(41-42)18-8-10-21(11-9-18)40-27(43)20-5-3-4-19(16-20)24-6-1-2-7-25(24)45-30(36,37)38;/h1-17H,(H,40,43);1H. The van der Waals surface area contributed by atoms with Gasteiger partial charge < -0.3 is 14.8 Å². The summed E-state index contributed by atoms with van der Waals surface area (Å²) in [4.78, 5) is 17.1. The molecule has 5 aromatic rings. The van der Waals surface area contributed by atoms with Crippen LogP contribution < -0.4 is 14.8 Å². The number of carbonyl (C=O) groups excluding carboxylic acids is 1. The van der Waals surface area contributed by atoms with E-state index in [-0.39, 0.29) is 18.4 Å². The first-order chi connectivity index (χ1) is 21.2. The molecule has 0 aliphatic rings. The van der Waals surface area contributed by atoms with Gasteiger partial charge in [-0.2, -0.15) is 22.0 Å². The van der Waals surface area contributed by atoms with Crippen molar-refractivity contribution in [3.63, 3.8) is 0 Å². The Morgan fingerprint density at radius 2 is 1.44 bits per heavy atom. The van der Waals surface area contributed by atoms with Crippen molar-refractivity contribution in [1.82, 2.24) is 14.8 Å². The van der Waals surface area contributed by atoms with Crippen LogP contribution in [-0.2, 0) is 0 Å². The molecule has 7 nitrogen and oxygen atoms in total. The van der Waals surface area contributed by atoms with Gasteiger partial charge in [0.1, 0.15) is 17.8 Å². The third-order valence-electron chi connectivity index (χ3n) is 6.12. The minimum Gasteiger partial charge on any atom is -0.426 e. The van der Waals surface area contributed by atoms with Crippen molar-refractivity contribution in [2.75, 3.05) is 5.32 Å². The summed E-state index contributed by atoms with van der Waals surface area (Å²) in [5.41, 5.74) is 1.88. The van der Waals surface area contributed by atoms with Crippen LogP contribution in [0.25, 0.3) is 28.2 Å². The summed E-state index contributed by atoms with van der Waals surface area (Å²) in [6.45, 7) is 0. The van der Waals surface area contributed by atoms with E-state index in [1.54, 1.807) is 36.4 Å². The summed E-state index contributed by atoms with van der Waals surface area (Å²) in [6, 6.07) is 22.2. The molecule has 0 fully saturated rings. The summed E-state index contributed by atoms with van der Waals surface area (Å²) in [6.07, 6.45) is -14.8. The second kappa shape index (κ2) is 11.9. The fourth-order valence-corrected chi connectivity index (χ4v) is 4.05. The number of para-hydroxylation sites is 1. The number of aromatic nitrogens is 3. The van der Waals surface area contributed by atoms with Crippen LogP contribution >= 0.6 is 0 Å². The highest BCUT2D eigenvalue weighted by Gasteiger charge is 2.61. The lowest BCUT2D eigenvalue weighted by atomic mass is 10.0. The van der Waals surface area contributed by atoms with Crippen molar-refractivity contribution in [3.8, 4) is 39.7 Å². The van der Waals surface area contributed by atoms with Gasteiger partial charge in [-0.15, -0.1) is 18.3 Å². The third-order valence-corrected chi connectivity index (χ3v) is 6.12. The topological polar surface area (TPSA) is 78.3 Å². The van der Waals surface area contributed by atoms with Crippen LogP contribution in [0.15, 0.2) is 103 Å². The molecule has 0 bridgehead atoms. The molecule has 0 radical (unpaired) electrons. The van der Waals surface area contributed by atoms with Crippen molar-refractivity contribution in [3.05, 3.63) is 109 Å². The normalized spacial score (nSPS) is 12.1. The number of nitrogens with zero attached hydrogens (tertiary/aromatic N) is 3. The Morgan fingerprint density at radius 1 is 0.756 bits per heavy atom. The van der Waals surface area contributed by atoms with Crippen molar-refractivity contribution >= 4 is 11.6 Å². The van der Waals surface area contributed by atoms with E-state index in [0.29, 0.717) is 22.5 Å². The van der Waals surface area contributed by atoms with Gasteiger partial charge in [-0.25, -0.2) is 9.67 Å². The lowest BCUT2D eigenvalue weighted by Crippen LogP contribution is -2.41. The maximum atomic E-state index is 13.1. The molecule has 0 spiro atoms. The van der Waals surface area contributed by atoms with Crippen LogP contribution in [0, 0.1) is 0 Å². The molecule has 0 saturated carbocycles. The Morgan fingerprint density at radius 3 is 2.11 bits per heavy atom. The van der Waals surface area contributed by atoms with E-state index in [9.17, 15) is 39.9 Å². The van der Waals surface area contributed by atoms with Gasteiger partial charge in [-0.1, -0.05) is 30.3 Å². The zero-order chi connectivity index (χ0) is 32.4. The first-order valence-corrected chi connectivity index (χ1v) is 12.7. The summed E-state index contributed by atoms with van der Waals surface area (Å²) < 4.78 is 111. The lowest BCUT2D eigenvalue weighted by molar-refractivity contribution is -0.360. The number of amides is 1. The first kappa shape index (κ1) is 31.0. The van der Waals surface area contributed by atoms with Gasteiger partial charge in [0.25, 0.3) is 5.91 Å². The maximum absolute atomic E-state index is 13.1. The average molecular weight is 636 g/mol. The van der Waals surface area contributed by atoms with Gasteiger partial charge in [-0.3, -0.25) is 4.79 Å². The molecule has 0 aliphatic carbocycles. The Hall–Kier alpha value is -5.47. The number of alkyl halides is 8. The van der Waals surface area contributed by atoms with Gasteiger partial charge in [0.05, 0.1) is 5.69 Å². The molecule has 0 atom stereocenters. The Balaban J connectivity index is 0.00000480. The quantitative estimate of drug-likeness (QED) is 0.173. The minimum absolute atomic E-state index is 0. The predicted molar refractivity (Wildman–Crippen MR) is 147 cm³/mol. The van der Waals surface area contributed by atoms with E-state index in [4.69, 9.17) is 0 Å². The van der Waals surface area contributed by atoms with Gasteiger partial charge in [0.15, 0.2) is 5.82 Å². The molecule has 234 valence electrons. The molecule has 5 rings (SSSR count). The predicted octanol–water partition coefficient (Wildman–Crippen LogP) is 8.53. The fraction of sp³-hybridized carbons (Fsp3) is 0.100. The highest BCUT2D eigenvalue weighted by Crippen LogP contribution is 2.37. The van der Waals surface area contributed by atoms with E-state index < -0.39 is 36.1 Å². The molecule has 1 heterocycles. The molecule has 0 aliphatic heterocycles. The van der Waals surface area contributed by atoms with Gasteiger partial charge in [-0.05, 0) is 72.3 Å². The molecule has 15 heteroatoms. The SMILES string of the molecule is O=C(Nc1ccc(-c2ncn(-c3ccc(OC(F)(F)C(F)(F)F)cc3)n2)cc1)c1cccc(-c2ccccc2OC(F)(F)F)c1.[HH]. The van der Waals surface area contributed by atoms with Crippen LogP contribution in [0.5, 0.6) is 11.5 Å². The highest BCUT2D eigenvalue weighted by molar-refractivity contribution is 6.05. The van der Waals surface area contributed by atoms with Crippen molar-refractivity contribution in [1.29, 1.82) is 0 Å². The molecule has 4 aromatic carbocycles. The van der Waals surface area contributed by atoms with Gasteiger partial charge >= 0.3 is 18.6 Å². The second-order valence-electron chi connectivity index (χ2n) is 9.28. The van der Waals surface area contributed by atoms with Crippen molar-refractivity contribution in [2.45, 2.75) is 18.6 Å². The monoisotopic (exact) mass is 636 g/mol. The summed E-state index contributed by atoms with van der Waals surface area (Å²) >= 11 is 0. The van der Waals surface area contributed by atoms with Crippen LogP contribution in [0.4, 0.5) is 40.8 Å². The maximum Gasteiger partial charge on any atom is 0.573 e.